The predicted molar refractivity (Wildman–Crippen MR) is 90.8 cm³/mol. The molecule has 0 N–H and O–H groups in total. The topological polar surface area (TPSA) is 31.4 Å². The van der Waals surface area contributed by atoms with Gasteiger partial charge in [-0.15, -0.1) is 11.3 Å². The molecule has 0 aliphatic heterocycles. The molecule has 3 rings (SSSR count). The first-order valence-corrected chi connectivity index (χ1v) is 7.85. The van der Waals surface area contributed by atoms with Crippen LogP contribution in [-0.2, 0) is 0 Å². The maximum atomic E-state index is 5.49. The molecule has 22 heavy (non-hydrogen) atoms. The number of aromatic nitrogens is 1. The first-order valence-electron chi connectivity index (χ1n) is 6.97. The van der Waals surface area contributed by atoms with Crippen LogP contribution in [0.3, 0.4) is 0 Å². The molecule has 0 atom stereocenters. The van der Waals surface area contributed by atoms with Crippen molar-refractivity contribution in [2.24, 2.45) is 0 Å². The summed E-state index contributed by atoms with van der Waals surface area (Å²) in [4.78, 5) is 4.75. The average Bonchev–Trinajstić information content (AvgIpc) is 3.04. The highest BCUT2D eigenvalue weighted by atomic mass is 32.1. The Morgan fingerprint density at radius 1 is 0.955 bits per heavy atom. The largest absolute Gasteiger partial charge is 0.493 e. The number of ether oxygens (including phenoxy) is 2. The van der Waals surface area contributed by atoms with Crippen molar-refractivity contribution in [1.29, 1.82) is 0 Å². The summed E-state index contributed by atoms with van der Waals surface area (Å²) in [6.07, 6.45) is 0. The summed E-state index contributed by atoms with van der Waals surface area (Å²) in [7, 11) is 3.29. The van der Waals surface area contributed by atoms with Gasteiger partial charge in [0.25, 0.3) is 0 Å². The number of thiazole rings is 1. The highest BCUT2D eigenvalue weighted by Gasteiger charge is 2.14. The minimum atomic E-state index is 0.715. The lowest BCUT2D eigenvalue weighted by atomic mass is 10.1. The quantitative estimate of drug-likeness (QED) is 0.693. The molecule has 2 aromatic carbocycles. The molecule has 1 heterocycles. The number of hydrogen-bond acceptors (Lipinski definition) is 4. The van der Waals surface area contributed by atoms with Gasteiger partial charge in [-0.2, -0.15) is 0 Å². The van der Waals surface area contributed by atoms with Crippen molar-refractivity contribution in [1.82, 2.24) is 4.98 Å². The minimum absolute atomic E-state index is 0.715. The van der Waals surface area contributed by atoms with Crippen LogP contribution in [0, 0.1) is 6.92 Å². The molecule has 0 amide bonds. The Hall–Kier alpha value is -2.33. The third-order valence-corrected chi connectivity index (χ3v) is 4.36. The van der Waals surface area contributed by atoms with E-state index < -0.39 is 0 Å². The lowest BCUT2D eigenvalue weighted by molar-refractivity contribution is 0.356. The van der Waals surface area contributed by atoms with Crippen LogP contribution in [0.25, 0.3) is 21.8 Å². The Labute approximate surface area is 134 Å². The molecule has 3 aromatic rings. The van der Waals surface area contributed by atoms with E-state index in [4.69, 9.17) is 14.5 Å². The van der Waals surface area contributed by atoms with Gasteiger partial charge in [-0.3, -0.25) is 0 Å². The standard InChI is InChI=1S/C18H17NO2S/c1-12-7-9-13(10-8-12)15-11-22-18(19-15)14-5-4-6-16(20-2)17(14)21-3/h4-11H,1-3H3. The van der Waals surface area contributed by atoms with Gasteiger partial charge in [0, 0.05) is 10.9 Å². The normalized spacial score (nSPS) is 10.5. The predicted octanol–water partition coefficient (Wildman–Crippen LogP) is 4.80. The minimum Gasteiger partial charge on any atom is -0.493 e. The first-order chi connectivity index (χ1) is 10.7. The summed E-state index contributed by atoms with van der Waals surface area (Å²) in [6.45, 7) is 2.08. The number of benzene rings is 2. The van der Waals surface area contributed by atoms with Crippen molar-refractivity contribution in [3.63, 3.8) is 0 Å². The van der Waals surface area contributed by atoms with E-state index in [0.29, 0.717) is 5.75 Å². The molecule has 0 spiro atoms. The zero-order chi connectivity index (χ0) is 15.5. The Kier molecular flexibility index (Phi) is 4.11. The SMILES string of the molecule is COc1cccc(-c2nc(-c3ccc(C)cc3)cs2)c1OC. The van der Waals surface area contributed by atoms with Crippen LogP contribution in [0.5, 0.6) is 11.5 Å². The zero-order valence-electron chi connectivity index (χ0n) is 12.8. The Morgan fingerprint density at radius 2 is 1.73 bits per heavy atom. The van der Waals surface area contributed by atoms with Crippen molar-refractivity contribution in [2.75, 3.05) is 14.2 Å². The number of hydrogen-bond donors (Lipinski definition) is 0. The number of nitrogens with zero attached hydrogens (tertiary/aromatic N) is 1. The maximum absolute atomic E-state index is 5.49. The second-order valence-corrected chi connectivity index (χ2v) is 5.80. The number of aryl methyl sites for hydroxylation is 1. The lowest BCUT2D eigenvalue weighted by Crippen LogP contribution is -1.92. The van der Waals surface area contributed by atoms with E-state index in [-0.39, 0.29) is 0 Å². The van der Waals surface area contributed by atoms with E-state index in [2.05, 4.69) is 36.6 Å². The third-order valence-electron chi connectivity index (χ3n) is 3.48. The highest BCUT2D eigenvalue weighted by molar-refractivity contribution is 7.13. The Balaban J connectivity index is 2.02. The summed E-state index contributed by atoms with van der Waals surface area (Å²) >= 11 is 1.60. The number of para-hydroxylation sites is 1. The molecule has 1 aromatic heterocycles. The van der Waals surface area contributed by atoms with Crippen LogP contribution in [0.4, 0.5) is 0 Å². The van der Waals surface area contributed by atoms with E-state index in [9.17, 15) is 0 Å². The monoisotopic (exact) mass is 311 g/mol. The van der Waals surface area contributed by atoms with Crippen LogP contribution in [0.15, 0.2) is 47.8 Å². The maximum Gasteiger partial charge on any atom is 0.170 e. The zero-order valence-corrected chi connectivity index (χ0v) is 13.6. The van der Waals surface area contributed by atoms with Gasteiger partial charge in [-0.25, -0.2) is 4.98 Å². The van der Waals surface area contributed by atoms with Gasteiger partial charge in [-0.1, -0.05) is 35.9 Å². The molecule has 3 nitrogen and oxygen atoms in total. The van der Waals surface area contributed by atoms with Gasteiger partial charge >= 0.3 is 0 Å². The van der Waals surface area contributed by atoms with Crippen molar-refractivity contribution in [3.05, 3.63) is 53.4 Å². The summed E-state index contributed by atoms with van der Waals surface area (Å²) in [5.74, 6) is 1.43. The molecular formula is C18H17NO2S. The second kappa shape index (κ2) is 6.20. The summed E-state index contributed by atoms with van der Waals surface area (Å²) in [5, 5.41) is 2.99. The van der Waals surface area contributed by atoms with E-state index in [0.717, 1.165) is 27.6 Å². The van der Waals surface area contributed by atoms with Crippen LogP contribution < -0.4 is 9.47 Å². The molecule has 112 valence electrons. The molecule has 0 bridgehead atoms. The molecule has 0 radical (unpaired) electrons. The van der Waals surface area contributed by atoms with E-state index >= 15 is 0 Å². The molecule has 0 unspecified atom stereocenters. The van der Waals surface area contributed by atoms with Crippen LogP contribution in [-0.4, -0.2) is 19.2 Å². The fourth-order valence-electron chi connectivity index (χ4n) is 2.31. The second-order valence-electron chi connectivity index (χ2n) is 4.95. The molecule has 0 saturated carbocycles. The van der Waals surface area contributed by atoms with E-state index in [1.807, 2.05) is 18.2 Å². The molecule has 4 heteroatoms. The number of rotatable bonds is 4. The lowest BCUT2D eigenvalue weighted by Gasteiger charge is -2.10. The van der Waals surface area contributed by atoms with Gasteiger partial charge < -0.3 is 9.47 Å². The van der Waals surface area contributed by atoms with Gasteiger partial charge in [0.15, 0.2) is 11.5 Å². The highest BCUT2D eigenvalue weighted by Crippen LogP contribution is 2.40. The molecule has 0 aliphatic rings. The fraction of sp³-hybridized carbons (Fsp3) is 0.167. The van der Waals surface area contributed by atoms with Crippen molar-refractivity contribution >= 4 is 11.3 Å². The van der Waals surface area contributed by atoms with Crippen LogP contribution >= 0.6 is 11.3 Å². The fourth-order valence-corrected chi connectivity index (χ4v) is 3.16. The number of methoxy groups -OCH3 is 2. The molecule has 0 saturated heterocycles. The van der Waals surface area contributed by atoms with Gasteiger partial charge in [0.1, 0.15) is 5.01 Å². The Bertz CT molecular complexity index is 778. The smallest absolute Gasteiger partial charge is 0.170 e. The van der Waals surface area contributed by atoms with Gasteiger partial charge in [0.2, 0.25) is 0 Å². The average molecular weight is 311 g/mol. The van der Waals surface area contributed by atoms with E-state index in [1.54, 1.807) is 25.6 Å². The summed E-state index contributed by atoms with van der Waals surface area (Å²) in [5.41, 5.74) is 4.29. The van der Waals surface area contributed by atoms with Gasteiger partial charge in [0.05, 0.1) is 25.5 Å². The molecule has 0 aliphatic carbocycles. The van der Waals surface area contributed by atoms with Gasteiger partial charge in [-0.05, 0) is 19.1 Å². The van der Waals surface area contributed by atoms with Crippen molar-refractivity contribution in [3.8, 4) is 33.3 Å². The van der Waals surface area contributed by atoms with Crippen LogP contribution in [0.2, 0.25) is 0 Å². The van der Waals surface area contributed by atoms with Crippen molar-refractivity contribution in [2.45, 2.75) is 6.92 Å². The summed E-state index contributed by atoms with van der Waals surface area (Å²) in [6, 6.07) is 14.2. The molecule has 0 fully saturated rings. The third kappa shape index (κ3) is 2.70. The molecular weight excluding hydrogens is 294 g/mol. The first kappa shape index (κ1) is 14.6. The van der Waals surface area contributed by atoms with Crippen LogP contribution in [0.1, 0.15) is 5.56 Å². The summed E-state index contributed by atoms with van der Waals surface area (Å²) < 4.78 is 10.8. The Morgan fingerprint density at radius 3 is 2.41 bits per heavy atom. The van der Waals surface area contributed by atoms with E-state index in [1.165, 1.54) is 5.56 Å². The van der Waals surface area contributed by atoms with Crippen molar-refractivity contribution < 1.29 is 9.47 Å².